The number of benzene rings is 2. The van der Waals surface area contributed by atoms with Crippen LogP contribution in [0.4, 0.5) is 0 Å². The minimum atomic E-state index is 0.0594. The molecule has 2 heteroatoms. The van der Waals surface area contributed by atoms with Gasteiger partial charge in [0.1, 0.15) is 11.5 Å². The van der Waals surface area contributed by atoms with Gasteiger partial charge in [0.2, 0.25) is 0 Å². The van der Waals surface area contributed by atoms with E-state index in [1.54, 1.807) is 0 Å². The van der Waals surface area contributed by atoms with E-state index in [0.717, 1.165) is 22.6 Å². The fourth-order valence-electron chi connectivity index (χ4n) is 1.70. The zero-order chi connectivity index (χ0) is 12.3. The third-order valence-electron chi connectivity index (χ3n) is 2.66. The van der Waals surface area contributed by atoms with Gasteiger partial charge in [-0.2, -0.15) is 0 Å². The van der Waals surface area contributed by atoms with Crippen LogP contribution in [0.25, 0.3) is 0 Å². The van der Waals surface area contributed by atoms with Crippen molar-refractivity contribution in [3.63, 3.8) is 0 Å². The zero-order valence-corrected chi connectivity index (χ0v) is 10.1. The minimum absolute atomic E-state index is 0.0594. The Bertz CT molecular complexity index is 501. The van der Waals surface area contributed by atoms with Gasteiger partial charge in [-0.25, -0.2) is 0 Å². The van der Waals surface area contributed by atoms with Gasteiger partial charge in [-0.05, 0) is 43.2 Å². The molecule has 2 aromatic carbocycles. The molecule has 2 rings (SSSR count). The molecule has 17 heavy (non-hydrogen) atoms. The third-order valence-corrected chi connectivity index (χ3v) is 2.66. The monoisotopic (exact) mass is 228 g/mol. The summed E-state index contributed by atoms with van der Waals surface area (Å²) >= 11 is 0. The predicted molar refractivity (Wildman–Crippen MR) is 68.4 cm³/mol. The summed E-state index contributed by atoms with van der Waals surface area (Å²) in [6.07, 6.45) is 0. The van der Waals surface area contributed by atoms with Gasteiger partial charge >= 0.3 is 0 Å². The molecular weight excluding hydrogens is 212 g/mol. The molecule has 0 aromatic heterocycles. The van der Waals surface area contributed by atoms with Crippen LogP contribution in [0, 0.1) is 13.8 Å². The quantitative estimate of drug-likeness (QED) is 0.870. The SMILES string of the molecule is Cc1ccc(Oc2ccc(CO)cc2)c(C)c1. The smallest absolute Gasteiger partial charge is 0.130 e. The number of hydrogen-bond acceptors (Lipinski definition) is 2. The fourth-order valence-corrected chi connectivity index (χ4v) is 1.70. The van der Waals surface area contributed by atoms with Crippen molar-refractivity contribution < 1.29 is 9.84 Å². The lowest BCUT2D eigenvalue weighted by molar-refractivity contribution is 0.281. The van der Waals surface area contributed by atoms with Gasteiger partial charge in [-0.15, -0.1) is 0 Å². The van der Waals surface area contributed by atoms with Gasteiger partial charge in [0, 0.05) is 0 Å². The van der Waals surface area contributed by atoms with Crippen LogP contribution in [0.2, 0.25) is 0 Å². The maximum Gasteiger partial charge on any atom is 0.130 e. The highest BCUT2D eigenvalue weighted by Crippen LogP contribution is 2.25. The number of rotatable bonds is 3. The highest BCUT2D eigenvalue weighted by Gasteiger charge is 2.01. The molecule has 0 unspecified atom stereocenters. The molecule has 0 heterocycles. The molecule has 0 aliphatic carbocycles. The van der Waals surface area contributed by atoms with Crippen molar-refractivity contribution in [2.24, 2.45) is 0 Å². The molecule has 0 amide bonds. The summed E-state index contributed by atoms with van der Waals surface area (Å²) in [6.45, 7) is 4.15. The van der Waals surface area contributed by atoms with Crippen LogP contribution < -0.4 is 4.74 Å². The second-order valence-corrected chi connectivity index (χ2v) is 4.17. The van der Waals surface area contributed by atoms with Crippen molar-refractivity contribution in [2.45, 2.75) is 20.5 Å². The van der Waals surface area contributed by atoms with Crippen LogP contribution >= 0.6 is 0 Å². The maximum absolute atomic E-state index is 8.95. The molecule has 2 nitrogen and oxygen atoms in total. The third kappa shape index (κ3) is 2.86. The Labute approximate surface area is 101 Å². The first-order valence-electron chi connectivity index (χ1n) is 5.64. The van der Waals surface area contributed by atoms with E-state index in [4.69, 9.17) is 9.84 Å². The molecule has 0 saturated carbocycles. The van der Waals surface area contributed by atoms with E-state index in [2.05, 4.69) is 13.0 Å². The molecule has 0 saturated heterocycles. The number of aliphatic hydroxyl groups is 1. The van der Waals surface area contributed by atoms with E-state index in [0.29, 0.717) is 0 Å². The Morgan fingerprint density at radius 3 is 2.29 bits per heavy atom. The standard InChI is InChI=1S/C15H16O2/c1-11-3-8-15(12(2)9-11)17-14-6-4-13(10-16)5-7-14/h3-9,16H,10H2,1-2H3. The molecule has 2 aromatic rings. The molecule has 0 atom stereocenters. The maximum atomic E-state index is 8.95. The Morgan fingerprint density at radius 2 is 1.71 bits per heavy atom. The van der Waals surface area contributed by atoms with Gasteiger partial charge in [0.25, 0.3) is 0 Å². The molecule has 88 valence electrons. The van der Waals surface area contributed by atoms with Gasteiger partial charge in [-0.3, -0.25) is 0 Å². The molecule has 0 aliphatic rings. The van der Waals surface area contributed by atoms with Gasteiger partial charge in [0.15, 0.2) is 0 Å². The average molecular weight is 228 g/mol. The van der Waals surface area contributed by atoms with Gasteiger partial charge < -0.3 is 9.84 Å². The Morgan fingerprint density at radius 1 is 1.00 bits per heavy atom. The van der Waals surface area contributed by atoms with Crippen molar-refractivity contribution in [1.82, 2.24) is 0 Å². The Kier molecular flexibility index (Phi) is 3.45. The lowest BCUT2D eigenvalue weighted by Crippen LogP contribution is -1.89. The van der Waals surface area contributed by atoms with E-state index >= 15 is 0 Å². The highest BCUT2D eigenvalue weighted by atomic mass is 16.5. The molecule has 0 radical (unpaired) electrons. The summed E-state index contributed by atoms with van der Waals surface area (Å²) < 4.78 is 5.78. The number of hydrogen-bond donors (Lipinski definition) is 1. The summed E-state index contributed by atoms with van der Waals surface area (Å²) in [5.41, 5.74) is 3.24. The van der Waals surface area contributed by atoms with Crippen LogP contribution in [0.15, 0.2) is 42.5 Å². The van der Waals surface area contributed by atoms with Crippen molar-refractivity contribution in [3.05, 3.63) is 59.2 Å². The van der Waals surface area contributed by atoms with Crippen molar-refractivity contribution in [1.29, 1.82) is 0 Å². The summed E-state index contributed by atoms with van der Waals surface area (Å²) in [4.78, 5) is 0. The van der Waals surface area contributed by atoms with Crippen LogP contribution in [0.5, 0.6) is 11.5 Å². The second kappa shape index (κ2) is 5.02. The van der Waals surface area contributed by atoms with Crippen LogP contribution in [-0.4, -0.2) is 5.11 Å². The van der Waals surface area contributed by atoms with Crippen LogP contribution in [0.3, 0.4) is 0 Å². The molecule has 0 spiro atoms. The molecule has 0 fully saturated rings. The predicted octanol–water partition coefficient (Wildman–Crippen LogP) is 3.59. The highest BCUT2D eigenvalue weighted by molar-refractivity contribution is 5.39. The van der Waals surface area contributed by atoms with E-state index in [1.165, 1.54) is 5.56 Å². The normalized spacial score (nSPS) is 10.3. The van der Waals surface area contributed by atoms with Gasteiger partial charge in [0.05, 0.1) is 6.61 Å². The first-order valence-corrected chi connectivity index (χ1v) is 5.64. The fraction of sp³-hybridized carbons (Fsp3) is 0.200. The number of aryl methyl sites for hydroxylation is 2. The Hall–Kier alpha value is -1.80. The summed E-state index contributed by atoms with van der Waals surface area (Å²) in [5.74, 6) is 1.65. The second-order valence-electron chi connectivity index (χ2n) is 4.17. The van der Waals surface area contributed by atoms with Crippen molar-refractivity contribution >= 4 is 0 Å². The zero-order valence-electron chi connectivity index (χ0n) is 10.1. The lowest BCUT2D eigenvalue weighted by atomic mass is 10.1. The number of ether oxygens (including phenoxy) is 1. The van der Waals surface area contributed by atoms with E-state index < -0.39 is 0 Å². The topological polar surface area (TPSA) is 29.5 Å². The molecule has 0 bridgehead atoms. The first kappa shape index (κ1) is 11.7. The first-order chi connectivity index (χ1) is 8.19. The van der Waals surface area contributed by atoms with Crippen molar-refractivity contribution in [3.8, 4) is 11.5 Å². The van der Waals surface area contributed by atoms with Crippen LogP contribution in [-0.2, 0) is 6.61 Å². The molecular formula is C15H16O2. The van der Waals surface area contributed by atoms with E-state index in [9.17, 15) is 0 Å². The van der Waals surface area contributed by atoms with E-state index in [1.807, 2.05) is 43.3 Å². The largest absolute Gasteiger partial charge is 0.457 e. The Balaban J connectivity index is 2.19. The summed E-state index contributed by atoms with van der Waals surface area (Å²) in [6, 6.07) is 13.6. The number of aliphatic hydroxyl groups excluding tert-OH is 1. The summed E-state index contributed by atoms with van der Waals surface area (Å²) in [7, 11) is 0. The van der Waals surface area contributed by atoms with Gasteiger partial charge in [-0.1, -0.05) is 29.8 Å². The lowest BCUT2D eigenvalue weighted by Gasteiger charge is -2.09. The van der Waals surface area contributed by atoms with E-state index in [-0.39, 0.29) is 6.61 Å². The average Bonchev–Trinajstić information content (AvgIpc) is 2.34. The van der Waals surface area contributed by atoms with Crippen molar-refractivity contribution in [2.75, 3.05) is 0 Å². The van der Waals surface area contributed by atoms with Crippen LogP contribution in [0.1, 0.15) is 16.7 Å². The molecule has 1 N–H and O–H groups in total. The summed E-state index contributed by atoms with van der Waals surface area (Å²) in [5, 5.41) is 8.95. The molecule has 0 aliphatic heterocycles. The minimum Gasteiger partial charge on any atom is -0.457 e.